The van der Waals surface area contributed by atoms with Gasteiger partial charge in [0.2, 0.25) is 5.91 Å². The molecule has 2 unspecified atom stereocenters. The third-order valence-corrected chi connectivity index (χ3v) is 14.2. The molecule has 2 atom stereocenters. The molecule has 0 aliphatic carbocycles. The number of allylic oxidation sites excluding steroid dienone is 5. The van der Waals surface area contributed by atoms with Crippen molar-refractivity contribution >= 4 is 11.9 Å². The molecule has 0 fully saturated rings. The van der Waals surface area contributed by atoms with E-state index in [4.69, 9.17) is 4.74 Å². The van der Waals surface area contributed by atoms with Gasteiger partial charge in [-0.15, -0.1) is 0 Å². The molecule has 69 heavy (non-hydrogen) atoms. The van der Waals surface area contributed by atoms with Crippen LogP contribution in [0.25, 0.3) is 0 Å². The van der Waals surface area contributed by atoms with Crippen LogP contribution in [0.4, 0.5) is 0 Å². The molecule has 0 rings (SSSR count). The largest absolute Gasteiger partial charge is 0.466 e. The molecule has 0 saturated carbocycles. The number of unbranched alkanes of at least 4 members (excludes halogenated alkanes) is 42. The summed E-state index contributed by atoms with van der Waals surface area (Å²) in [5.41, 5.74) is 0. The van der Waals surface area contributed by atoms with E-state index in [-0.39, 0.29) is 18.5 Å². The zero-order valence-corrected chi connectivity index (χ0v) is 46.3. The highest BCUT2D eigenvalue weighted by molar-refractivity contribution is 5.76. The Balaban J connectivity index is 3.44. The molecule has 0 aromatic rings. The monoisotopic (exact) mass is 970 g/mol. The van der Waals surface area contributed by atoms with E-state index in [1.54, 1.807) is 6.08 Å². The Labute approximate surface area is 430 Å². The molecule has 0 radical (unpaired) electrons. The number of rotatable bonds is 57. The van der Waals surface area contributed by atoms with Crippen LogP contribution in [-0.2, 0) is 14.3 Å². The maximum Gasteiger partial charge on any atom is 0.305 e. The number of amides is 1. The molecule has 1 amide bonds. The van der Waals surface area contributed by atoms with Crippen molar-refractivity contribution in [3.05, 3.63) is 36.5 Å². The van der Waals surface area contributed by atoms with Crippen molar-refractivity contribution in [2.24, 2.45) is 0 Å². The Morgan fingerprint density at radius 1 is 0.406 bits per heavy atom. The molecule has 406 valence electrons. The highest BCUT2D eigenvalue weighted by Gasteiger charge is 2.18. The third kappa shape index (κ3) is 55.2. The Morgan fingerprint density at radius 2 is 0.739 bits per heavy atom. The fourth-order valence-corrected chi connectivity index (χ4v) is 9.42. The summed E-state index contributed by atoms with van der Waals surface area (Å²) in [5, 5.41) is 23.2. The molecular formula is C63H119NO5. The first-order valence-electron chi connectivity index (χ1n) is 30.8. The van der Waals surface area contributed by atoms with E-state index < -0.39 is 12.1 Å². The van der Waals surface area contributed by atoms with Crippen molar-refractivity contribution in [2.45, 2.75) is 341 Å². The minimum atomic E-state index is -0.848. The third-order valence-electron chi connectivity index (χ3n) is 14.2. The van der Waals surface area contributed by atoms with Crippen LogP contribution < -0.4 is 5.32 Å². The summed E-state index contributed by atoms with van der Waals surface area (Å²) in [6.07, 6.45) is 73.2. The van der Waals surface area contributed by atoms with Crippen LogP contribution in [0, 0.1) is 0 Å². The second-order valence-corrected chi connectivity index (χ2v) is 21.0. The predicted octanol–water partition coefficient (Wildman–Crippen LogP) is 19.2. The predicted molar refractivity (Wildman–Crippen MR) is 301 cm³/mol. The van der Waals surface area contributed by atoms with Gasteiger partial charge in [-0.25, -0.2) is 0 Å². The standard InChI is InChI=1S/C63H119NO5/c1-3-5-7-9-11-13-15-17-19-20-22-25-28-31-35-39-43-47-51-55-61(66)60(59-65)64-62(67)56-52-48-44-40-36-32-29-26-23-21-24-27-30-34-38-42-46-50-54-58-69-63(68)57-53-49-45-41-37-33-18-16-14-12-10-8-6-4-2/h10,12,16,18,51,55,60-61,65-66H,3-9,11,13-15,17,19-50,52-54,56-59H2,1-2H3,(H,64,67)/b12-10-,18-16-,55-51+. The highest BCUT2D eigenvalue weighted by Crippen LogP contribution is 2.17. The number of aliphatic hydroxyl groups excluding tert-OH is 2. The van der Waals surface area contributed by atoms with Crippen molar-refractivity contribution in [2.75, 3.05) is 13.2 Å². The van der Waals surface area contributed by atoms with Crippen molar-refractivity contribution in [3.63, 3.8) is 0 Å². The fourth-order valence-electron chi connectivity index (χ4n) is 9.42. The smallest absolute Gasteiger partial charge is 0.305 e. The van der Waals surface area contributed by atoms with Crippen molar-refractivity contribution in [3.8, 4) is 0 Å². The van der Waals surface area contributed by atoms with Crippen LogP contribution in [0.1, 0.15) is 328 Å². The van der Waals surface area contributed by atoms with Crippen molar-refractivity contribution in [1.82, 2.24) is 5.32 Å². The molecule has 0 aromatic carbocycles. The molecule has 6 heteroatoms. The number of carbonyl (C=O) groups excluding carboxylic acids is 2. The summed E-state index contributed by atoms with van der Waals surface area (Å²) >= 11 is 0. The maximum atomic E-state index is 12.5. The summed E-state index contributed by atoms with van der Waals surface area (Å²) in [7, 11) is 0. The SMILES string of the molecule is CCCC/C=C\C/C=C\CCCCCCCC(=O)OCCCCCCCCCCCCCCCCCCCCCC(=O)NC(CO)C(O)/C=C/CCCCCCCCCCCCCCCCCCC. The van der Waals surface area contributed by atoms with Gasteiger partial charge in [0.25, 0.3) is 0 Å². The summed E-state index contributed by atoms with van der Waals surface area (Å²) < 4.78 is 5.47. The van der Waals surface area contributed by atoms with Crippen LogP contribution in [0.2, 0.25) is 0 Å². The number of hydrogen-bond acceptors (Lipinski definition) is 5. The van der Waals surface area contributed by atoms with E-state index >= 15 is 0 Å². The zero-order chi connectivity index (χ0) is 50.0. The lowest BCUT2D eigenvalue weighted by Gasteiger charge is -2.20. The minimum absolute atomic E-state index is 0.00620. The van der Waals surface area contributed by atoms with E-state index in [2.05, 4.69) is 43.5 Å². The summed E-state index contributed by atoms with van der Waals surface area (Å²) in [6, 6.07) is -0.631. The Morgan fingerprint density at radius 3 is 1.14 bits per heavy atom. The molecule has 3 N–H and O–H groups in total. The topological polar surface area (TPSA) is 95.9 Å². The first-order valence-corrected chi connectivity index (χ1v) is 30.8. The van der Waals surface area contributed by atoms with Gasteiger partial charge < -0.3 is 20.3 Å². The first-order chi connectivity index (χ1) is 34.0. The van der Waals surface area contributed by atoms with E-state index in [0.717, 1.165) is 51.4 Å². The van der Waals surface area contributed by atoms with E-state index in [9.17, 15) is 19.8 Å². The molecular weight excluding hydrogens is 851 g/mol. The van der Waals surface area contributed by atoms with E-state index in [0.29, 0.717) is 19.4 Å². The number of ether oxygens (including phenoxy) is 1. The normalized spacial score (nSPS) is 12.8. The Kier molecular flexibility index (Phi) is 57.0. The number of nitrogens with one attached hydrogen (secondary N) is 1. The van der Waals surface area contributed by atoms with Gasteiger partial charge in [0.15, 0.2) is 0 Å². The average molecular weight is 971 g/mol. The number of carbonyl (C=O) groups is 2. The van der Waals surface area contributed by atoms with Crippen LogP contribution in [0.3, 0.4) is 0 Å². The lowest BCUT2D eigenvalue weighted by molar-refractivity contribution is -0.143. The molecule has 0 spiro atoms. The van der Waals surface area contributed by atoms with Gasteiger partial charge in [0.1, 0.15) is 0 Å². The highest BCUT2D eigenvalue weighted by atomic mass is 16.5. The number of hydrogen-bond donors (Lipinski definition) is 3. The second-order valence-electron chi connectivity index (χ2n) is 21.0. The zero-order valence-electron chi connectivity index (χ0n) is 46.3. The molecule has 0 aliphatic rings. The molecule has 0 heterocycles. The number of aliphatic hydroxyl groups is 2. The Bertz CT molecular complexity index is 1120. The lowest BCUT2D eigenvalue weighted by Crippen LogP contribution is -2.45. The molecule has 0 bridgehead atoms. The Hall–Kier alpha value is -1.92. The minimum Gasteiger partial charge on any atom is -0.466 e. The molecule has 0 saturated heterocycles. The van der Waals surface area contributed by atoms with E-state index in [1.165, 1.54) is 250 Å². The van der Waals surface area contributed by atoms with Gasteiger partial charge in [-0.2, -0.15) is 0 Å². The van der Waals surface area contributed by atoms with Gasteiger partial charge in [0.05, 0.1) is 25.4 Å². The van der Waals surface area contributed by atoms with Crippen LogP contribution in [-0.4, -0.2) is 47.4 Å². The van der Waals surface area contributed by atoms with Gasteiger partial charge >= 0.3 is 5.97 Å². The van der Waals surface area contributed by atoms with Crippen LogP contribution >= 0.6 is 0 Å². The van der Waals surface area contributed by atoms with Gasteiger partial charge in [-0.1, -0.05) is 294 Å². The lowest BCUT2D eigenvalue weighted by atomic mass is 10.0. The van der Waals surface area contributed by atoms with Crippen molar-refractivity contribution < 1.29 is 24.5 Å². The molecule has 0 aliphatic heterocycles. The van der Waals surface area contributed by atoms with Crippen LogP contribution in [0.15, 0.2) is 36.5 Å². The maximum absolute atomic E-state index is 12.5. The quantitative estimate of drug-likeness (QED) is 0.0321. The number of esters is 1. The summed E-state index contributed by atoms with van der Waals surface area (Å²) in [4.78, 5) is 24.5. The van der Waals surface area contributed by atoms with Gasteiger partial charge in [-0.05, 0) is 57.8 Å². The molecule has 0 aromatic heterocycles. The molecule has 6 nitrogen and oxygen atoms in total. The fraction of sp³-hybridized carbons (Fsp3) is 0.873. The van der Waals surface area contributed by atoms with Gasteiger partial charge in [0, 0.05) is 12.8 Å². The second kappa shape index (κ2) is 58.6. The summed E-state index contributed by atoms with van der Waals surface area (Å²) in [5.74, 6) is -0.0752. The average Bonchev–Trinajstić information content (AvgIpc) is 3.35. The van der Waals surface area contributed by atoms with Crippen molar-refractivity contribution in [1.29, 1.82) is 0 Å². The van der Waals surface area contributed by atoms with E-state index in [1.807, 2.05) is 6.08 Å². The summed E-state index contributed by atoms with van der Waals surface area (Å²) in [6.45, 7) is 4.87. The first kappa shape index (κ1) is 67.1. The van der Waals surface area contributed by atoms with Gasteiger partial charge in [-0.3, -0.25) is 9.59 Å². The van der Waals surface area contributed by atoms with Crippen LogP contribution in [0.5, 0.6) is 0 Å².